The molecule has 0 aromatic heterocycles. The van der Waals surface area contributed by atoms with Crippen molar-refractivity contribution in [1.82, 2.24) is 0 Å². The molecule has 0 N–H and O–H groups in total. The van der Waals surface area contributed by atoms with E-state index in [4.69, 9.17) is 15.4 Å². The number of halogens is 1. The summed E-state index contributed by atoms with van der Waals surface area (Å²) in [5.74, 6) is 0.394. The zero-order chi connectivity index (χ0) is 16.4. The highest BCUT2D eigenvalue weighted by Gasteiger charge is 2.19. The fourth-order valence-corrected chi connectivity index (χ4v) is 3.42. The van der Waals surface area contributed by atoms with Gasteiger partial charge in [0.05, 0.1) is 10.6 Å². The van der Waals surface area contributed by atoms with Crippen LogP contribution in [0.2, 0.25) is 0 Å². The third-order valence-electron chi connectivity index (χ3n) is 2.90. The Morgan fingerprint density at radius 2 is 1.76 bits per heavy atom. The Bertz CT molecular complexity index is 721. The summed E-state index contributed by atoms with van der Waals surface area (Å²) < 4.78 is 50.8. The second-order valence-electron chi connectivity index (χ2n) is 5.23. The highest BCUT2D eigenvalue weighted by molar-refractivity contribution is 8.13. The minimum Gasteiger partial charge on any atom is -0.492 e. The van der Waals surface area contributed by atoms with Crippen LogP contribution in [0.1, 0.15) is 30.9 Å². The molecule has 0 heterocycles. The van der Waals surface area contributed by atoms with Crippen molar-refractivity contribution in [3.8, 4) is 5.75 Å². The first-order valence-corrected chi connectivity index (χ1v) is 10.7. The third-order valence-corrected chi connectivity index (χ3v) is 5.28. The number of hydrogen-bond donors (Lipinski definition) is 0. The normalized spacial score (nSPS) is 12.7. The van der Waals surface area contributed by atoms with Crippen molar-refractivity contribution in [2.75, 3.05) is 18.6 Å². The second kappa shape index (κ2) is 6.54. The molecule has 21 heavy (non-hydrogen) atoms. The molecule has 0 aliphatic heterocycles. The predicted molar refractivity (Wildman–Crippen MR) is 83.5 cm³/mol. The van der Waals surface area contributed by atoms with E-state index in [-0.39, 0.29) is 23.2 Å². The van der Waals surface area contributed by atoms with Crippen molar-refractivity contribution in [3.63, 3.8) is 0 Å². The van der Waals surface area contributed by atoms with Crippen LogP contribution in [0.5, 0.6) is 5.75 Å². The van der Waals surface area contributed by atoms with Crippen LogP contribution in [0.3, 0.4) is 0 Å². The second-order valence-corrected chi connectivity index (χ2v) is 10.0. The Hall–Kier alpha value is -0.790. The maximum Gasteiger partial charge on any atom is 0.261 e. The van der Waals surface area contributed by atoms with Gasteiger partial charge in [0.25, 0.3) is 9.05 Å². The first kappa shape index (κ1) is 18.3. The molecule has 0 unspecified atom stereocenters. The lowest BCUT2D eigenvalue weighted by Crippen LogP contribution is -2.13. The minimum absolute atomic E-state index is 0.0102. The summed E-state index contributed by atoms with van der Waals surface area (Å²) in [5.41, 5.74) is 1.14. The van der Waals surface area contributed by atoms with Crippen molar-refractivity contribution in [1.29, 1.82) is 0 Å². The molecule has 0 amide bonds. The Morgan fingerprint density at radius 3 is 2.19 bits per heavy atom. The Kier molecular flexibility index (Phi) is 5.69. The Labute approximate surface area is 130 Å². The molecule has 0 radical (unpaired) electrons. The van der Waals surface area contributed by atoms with Gasteiger partial charge in [0.15, 0.2) is 9.84 Å². The van der Waals surface area contributed by atoms with Crippen molar-refractivity contribution in [2.45, 2.75) is 31.6 Å². The summed E-state index contributed by atoms with van der Waals surface area (Å²) in [4.78, 5) is 0.0447. The maximum atomic E-state index is 11.5. The van der Waals surface area contributed by atoms with Crippen LogP contribution in [0.4, 0.5) is 0 Å². The average molecular weight is 355 g/mol. The van der Waals surface area contributed by atoms with E-state index in [0.717, 1.165) is 6.26 Å². The third kappa shape index (κ3) is 5.48. The number of benzene rings is 1. The molecule has 0 aliphatic rings. The molecular formula is C13H19ClO5S2. The summed E-state index contributed by atoms with van der Waals surface area (Å²) in [5, 5.41) is 0. The van der Waals surface area contributed by atoms with Gasteiger partial charge in [-0.05, 0) is 36.1 Å². The summed E-state index contributed by atoms with van der Waals surface area (Å²) >= 11 is 0. The van der Waals surface area contributed by atoms with E-state index in [2.05, 4.69) is 0 Å². The van der Waals surface area contributed by atoms with Gasteiger partial charge in [0.1, 0.15) is 12.4 Å². The molecule has 1 aromatic carbocycles. The van der Waals surface area contributed by atoms with Gasteiger partial charge < -0.3 is 4.74 Å². The molecule has 0 fully saturated rings. The summed E-state index contributed by atoms with van der Waals surface area (Å²) in [6.45, 7) is 5.41. The average Bonchev–Trinajstić information content (AvgIpc) is 2.24. The van der Waals surface area contributed by atoms with Gasteiger partial charge in [-0.15, -0.1) is 0 Å². The summed E-state index contributed by atoms with van der Waals surface area (Å²) in [6, 6.07) is 3.06. The smallest absolute Gasteiger partial charge is 0.261 e. The molecule has 1 rings (SSSR count). The van der Waals surface area contributed by atoms with Gasteiger partial charge >= 0.3 is 0 Å². The van der Waals surface area contributed by atoms with Crippen molar-refractivity contribution < 1.29 is 21.6 Å². The molecular weight excluding hydrogens is 336 g/mol. The van der Waals surface area contributed by atoms with Crippen molar-refractivity contribution in [2.24, 2.45) is 0 Å². The Balaban J connectivity index is 3.18. The topological polar surface area (TPSA) is 77.5 Å². The highest BCUT2D eigenvalue weighted by atomic mass is 35.7. The molecule has 0 spiro atoms. The standard InChI is InChI=1S/C13H19ClO5S2/c1-9(2)11-8-13(21(14,17)18)10(3)7-12(11)19-5-6-20(4,15)16/h7-9H,5-6H2,1-4H3. The van der Waals surface area contributed by atoms with Gasteiger partial charge in [-0.1, -0.05) is 13.8 Å². The molecule has 0 saturated heterocycles. The molecule has 1 aromatic rings. The first-order chi connectivity index (χ1) is 9.42. The van der Waals surface area contributed by atoms with E-state index in [1.54, 1.807) is 13.0 Å². The zero-order valence-electron chi connectivity index (χ0n) is 12.4. The molecule has 5 nitrogen and oxygen atoms in total. The SMILES string of the molecule is Cc1cc(OCCS(C)(=O)=O)c(C(C)C)cc1S(=O)(=O)Cl. The fraction of sp³-hybridized carbons (Fsp3) is 0.538. The lowest BCUT2D eigenvalue weighted by atomic mass is 10.0. The molecule has 0 saturated carbocycles. The van der Waals surface area contributed by atoms with Gasteiger partial charge in [0.2, 0.25) is 0 Å². The first-order valence-electron chi connectivity index (χ1n) is 6.31. The van der Waals surface area contributed by atoms with Gasteiger partial charge in [-0.2, -0.15) is 0 Å². The lowest BCUT2D eigenvalue weighted by Gasteiger charge is -2.16. The van der Waals surface area contributed by atoms with Gasteiger partial charge in [-0.25, -0.2) is 16.8 Å². The van der Waals surface area contributed by atoms with E-state index in [0.29, 0.717) is 16.9 Å². The summed E-state index contributed by atoms with van der Waals surface area (Å²) in [6.07, 6.45) is 1.13. The van der Waals surface area contributed by atoms with E-state index >= 15 is 0 Å². The highest BCUT2D eigenvalue weighted by Crippen LogP contribution is 2.33. The number of sulfone groups is 1. The van der Waals surface area contributed by atoms with Crippen LogP contribution in [0, 0.1) is 6.92 Å². The molecule has 0 atom stereocenters. The molecule has 8 heteroatoms. The lowest BCUT2D eigenvalue weighted by molar-refractivity contribution is 0.335. The van der Waals surface area contributed by atoms with Crippen LogP contribution in [-0.2, 0) is 18.9 Å². The van der Waals surface area contributed by atoms with Gasteiger partial charge in [-0.3, -0.25) is 0 Å². The van der Waals surface area contributed by atoms with Crippen LogP contribution >= 0.6 is 10.7 Å². The Morgan fingerprint density at radius 1 is 1.19 bits per heavy atom. The quantitative estimate of drug-likeness (QED) is 0.733. The zero-order valence-corrected chi connectivity index (χ0v) is 14.8. The molecule has 120 valence electrons. The maximum absolute atomic E-state index is 11.5. The fourth-order valence-electron chi connectivity index (χ4n) is 1.82. The molecule has 0 aliphatic carbocycles. The van der Waals surface area contributed by atoms with Gasteiger partial charge in [0, 0.05) is 16.9 Å². The number of ether oxygens (including phenoxy) is 1. The van der Waals surface area contributed by atoms with Crippen molar-refractivity contribution >= 4 is 29.6 Å². The van der Waals surface area contributed by atoms with E-state index < -0.39 is 18.9 Å². The monoisotopic (exact) mass is 354 g/mol. The number of hydrogen-bond acceptors (Lipinski definition) is 5. The number of rotatable bonds is 6. The minimum atomic E-state index is -3.83. The van der Waals surface area contributed by atoms with Crippen LogP contribution in [-0.4, -0.2) is 35.5 Å². The van der Waals surface area contributed by atoms with Crippen molar-refractivity contribution in [3.05, 3.63) is 23.3 Å². The molecule has 0 bridgehead atoms. The van der Waals surface area contributed by atoms with Crippen LogP contribution in [0.25, 0.3) is 0 Å². The summed E-state index contributed by atoms with van der Waals surface area (Å²) in [7, 11) is -1.53. The van der Waals surface area contributed by atoms with Crippen LogP contribution < -0.4 is 4.74 Å². The van der Waals surface area contributed by atoms with E-state index in [9.17, 15) is 16.8 Å². The largest absolute Gasteiger partial charge is 0.492 e. The van der Waals surface area contributed by atoms with E-state index in [1.165, 1.54) is 6.07 Å². The van der Waals surface area contributed by atoms with E-state index in [1.807, 2.05) is 13.8 Å². The van der Waals surface area contributed by atoms with Crippen LogP contribution in [0.15, 0.2) is 17.0 Å². The predicted octanol–water partition coefficient (Wildman–Crippen LogP) is 2.47. The number of aryl methyl sites for hydroxylation is 1.